The SMILES string of the molecule is C.C.CSSCNC(C)CNSC[S-].[CH3-].[Zn+2]. The molecule has 0 saturated carbocycles. The summed E-state index contributed by atoms with van der Waals surface area (Å²) in [5.74, 6) is 1.00. The van der Waals surface area contributed by atoms with Gasteiger partial charge in [0.1, 0.15) is 0 Å². The van der Waals surface area contributed by atoms with Crippen LogP contribution < -0.4 is 10.0 Å². The van der Waals surface area contributed by atoms with Crippen LogP contribution in [0.15, 0.2) is 0 Å². The molecule has 2 nitrogen and oxygen atoms in total. The van der Waals surface area contributed by atoms with Crippen LogP contribution in [-0.4, -0.2) is 29.8 Å². The van der Waals surface area contributed by atoms with E-state index in [2.05, 4.69) is 23.2 Å². The van der Waals surface area contributed by atoms with Crippen molar-refractivity contribution in [1.82, 2.24) is 10.0 Å². The average molecular weight is 356 g/mol. The summed E-state index contributed by atoms with van der Waals surface area (Å²) in [5, 5.41) is 4.09. The Morgan fingerprint density at radius 2 is 1.88 bits per heavy atom. The Hall–Kier alpha value is 1.94. The molecule has 7 heteroatoms. The molecule has 0 fully saturated rings. The van der Waals surface area contributed by atoms with Crippen molar-refractivity contribution in [1.29, 1.82) is 0 Å². The van der Waals surface area contributed by atoms with E-state index in [0.717, 1.165) is 12.4 Å². The van der Waals surface area contributed by atoms with Gasteiger partial charge in [0.15, 0.2) is 0 Å². The molecule has 16 heavy (non-hydrogen) atoms. The molecular formula is C9H26N2S4Zn. The number of hydrogen-bond donors (Lipinski definition) is 2. The van der Waals surface area contributed by atoms with Crippen LogP contribution in [0.5, 0.6) is 0 Å². The normalized spacial score (nSPS) is 9.94. The second kappa shape index (κ2) is 25.7. The second-order valence-corrected chi connectivity index (χ2v) is 6.23. The van der Waals surface area contributed by atoms with E-state index in [9.17, 15) is 0 Å². The average Bonchev–Trinajstić information content (AvgIpc) is 2.06. The van der Waals surface area contributed by atoms with Crippen LogP contribution in [0, 0.1) is 7.43 Å². The van der Waals surface area contributed by atoms with Crippen molar-refractivity contribution in [2.24, 2.45) is 0 Å². The molecule has 0 saturated heterocycles. The van der Waals surface area contributed by atoms with E-state index in [-0.39, 0.29) is 41.8 Å². The Morgan fingerprint density at radius 3 is 2.31 bits per heavy atom. The molecular weight excluding hydrogens is 330 g/mol. The van der Waals surface area contributed by atoms with Crippen LogP contribution in [-0.2, 0) is 32.1 Å². The zero-order valence-corrected chi connectivity index (χ0v) is 15.3. The molecule has 98 valence electrons. The van der Waals surface area contributed by atoms with Crippen molar-refractivity contribution in [2.75, 3.05) is 23.8 Å². The minimum Gasteiger partial charge on any atom is -0.781 e. The Bertz CT molecular complexity index is 91.6. The van der Waals surface area contributed by atoms with Crippen molar-refractivity contribution in [2.45, 2.75) is 27.8 Å². The zero-order chi connectivity index (χ0) is 9.23. The van der Waals surface area contributed by atoms with Gasteiger partial charge in [-0.25, -0.2) is 0 Å². The van der Waals surface area contributed by atoms with E-state index < -0.39 is 0 Å². The first-order valence-electron chi connectivity index (χ1n) is 3.63. The van der Waals surface area contributed by atoms with E-state index in [1.54, 1.807) is 22.7 Å². The van der Waals surface area contributed by atoms with Gasteiger partial charge in [-0.15, -0.1) is 17.0 Å². The molecule has 0 aromatic heterocycles. The summed E-state index contributed by atoms with van der Waals surface area (Å²) in [6.07, 6.45) is 2.09. The largest absolute Gasteiger partial charge is 2.00 e. The predicted molar refractivity (Wildman–Crippen MR) is 86.3 cm³/mol. The van der Waals surface area contributed by atoms with Crippen molar-refractivity contribution in [3.8, 4) is 0 Å². The standard InChI is InChI=1S/C6H16N2S4.2CH4.CH3.Zn/c1-6(3-8-11-5-9)7-4-12-10-2;;;;/h6-9H,3-5H2,1-2H3;2*1H4;1H3;/q;;;-1;+2/p-1. The summed E-state index contributed by atoms with van der Waals surface area (Å²) in [4.78, 5) is 0. The third kappa shape index (κ3) is 25.0. The quantitative estimate of drug-likeness (QED) is 0.132. The fraction of sp³-hybridized carbons (Fsp3) is 0.889. The molecule has 0 aromatic carbocycles. The zero-order valence-electron chi connectivity index (χ0n) is 9.04. The smallest absolute Gasteiger partial charge is 0.781 e. The van der Waals surface area contributed by atoms with E-state index >= 15 is 0 Å². The van der Waals surface area contributed by atoms with Crippen LogP contribution in [0.2, 0.25) is 0 Å². The first-order valence-corrected chi connectivity index (χ1v) is 7.92. The van der Waals surface area contributed by atoms with E-state index in [0.29, 0.717) is 11.1 Å². The summed E-state index contributed by atoms with van der Waals surface area (Å²) < 4.78 is 3.20. The van der Waals surface area contributed by atoms with Gasteiger partial charge in [0.05, 0.1) is 5.88 Å². The number of hydrogen-bond acceptors (Lipinski definition) is 6. The minimum atomic E-state index is 0. The predicted octanol–water partition coefficient (Wildman–Crippen LogP) is 3.40. The van der Waals surface area contributed by atoms with Gasteiger partial charge in [0.25, 0.3) is 0 Å². The molecule has 0 bridgehead atoms. The summed E-state index contributed by atoms with van der Waals surface area (Å²) in [5.41, 5.74) is 0. The molecule has 0 spiro atoms. The first kappa shape index (κ1) is 30.7. The second-order valence-electron chi connectivity index (χ2n) is 2.14. The molecule has 0 aliphatic rings. The summed E-state index contributed by atoms with van der Waals surface area (Å²) in [7, 11) is 3.61. The molecule has 0 amide bonds. The van der Waals surface area contributed by atoms with Crippen LogP contribution in [0.25, 0.3) is 0 Å². The summed E-state index contributed by atoms with van der Waals surface area (Å²) in [6, 6.07) is 0.513. The van der Waals surface area contributed by atoms with Gasteiger partial charge in [-0.1, -0.05) is 36.4 Å². The first-order chi connectivity index (χ1) is 5.81. The van der Waals surface area contributed by atoms with Crippen LogP contribution in [0.4, 0.5) is 0 Å². The van der Waals surface area contributed by atoms with Crippen LogP contribution >= 0.6 is 33.5 Å². The van der Waals surface area contributed by atoms with Gasteiger partial charge in [0, 0.05) is 12.6 Å². The molecule has 1 atom stereocenters. The molecule has 0 rings (SSSR count). The Morgan fingerprint density at radius 1 is 1.31 bits per heavy atom. The van der Waals surface area contributed by atoms with Crippen LogP contribution in [0.1, 0.15) is 21.8 Å². The summed E-state index contributed by atoms with van der Waals surface area (Å²) in [6.45, 7) is 3.13. The van der Waals surface area contributed by atoms with Gasteiger partial charge in [-0.3, -0.25) is 4.72 Å². The molecule has 0 aliphatic heterocycles. The van der Waals surface area contributed by atoms with E-state index in [1.807, 2.05) is 10.8 Å². The third-order valence-electron chi connectivity index (χ3n) is 1.16. The van der Waals surface area contributed by atoms with Crippen molar-refractivity contribution >= 4 is 46.2 Å². The van der Waals surface area contributed by atoms with Gasteiger partial charge >= 0.3 is 19.5 Å². The molecule has 0 radical (unpaired) electrons. The molecule has 0 aliphatic carbocycles. The maximum absolute atomic E-state index is 4.78. The Labute approximate surface area is 134 Å². The number of nitrogens with one attached hydrogen (secondary N) is 2. The van der Waals surface area contributed by atoms with E-state index in [1.165, 1.54) is 0 Å². The molecule has 0 aromatic rings. The Kier molecular flexibility index (Phi) is 49.4. The van der Waals surface area contributed by atoms with Gasteiger partial charge in [-0.05, 0) is 13.2 Å². The maximum atomic E-state index is 4.78. The van der Waals surface area contributed by atoms with Crippen molar-refractivity contribution in [3.63, 3.8) is 0 Å². The Balaban J connectivity index is -0.000000101. The monoisotopic (exact) mass is 354 g/mol. The topological polar surface area (TPSA) is 24.1 Å². The molecule has 2 N–H and O–H groups in total. The number of rotatable bonds is 8. The fourth-order valence-corrected chi connectivity index (χ4v) is 2.26. The van der Waals surface area contributed by atoms with E-state index in [4.69, 9.17) is 12.6 Å². The third-order valence-corrected chi connectivity index (χ3v) is 3.58. The minimum absolute atomic E-state index is 0. The molecule has 0 heterocycles. The fourth-order valence-electron chi connectivity index (χ4n) is 0.533. The van der Waals surface area contributed by atoms with Crippen molar-refractivity contribution < 1.29 is 19.5 Å². The van der Waals surface area contributed by atoms with Gasteiger partial charge in [-0.2, -0.15) is 0 Å². The van der Waals surface area contributed by atoms with Gasteiger partial charge in [0.2, 0.25) is 0 Å². The van der Waals surface area contributed by atoms with Crippen molar-refractivity contribution in [3.05, 3.63) is 7.43 Å². The molecule has 1 unspecified atom stereocenters. The summed E-state index contributed by atoms with van der Waals surface area (Å²) >= 11 is 6.37. The van der Waals surface area contributed by atoms with Gasteiger partial charge < -0.3 is 25.4 Å². The maximum Gasteiger partial charge on any atom is 2.00 e. The van der Waals surface area contributed by atoms with Crippen LogP contribution in [0.3, 0.4) is 0 Å².